The minimum absolute atomic E-state index is 0.232. The molecule has 0 saturated carbocycles. The topological polar surface area (TPSA) is 21.3 Å². The molecule has 0 heterocycles. The fourth-order valence-electron chi connectivity index (χ4n) is 1.84. The summed E-state index contributed by atoms with van der Waals surface area (Å²) < 4.78 is 5.97. The predicted molar refractivity (Wildman–Crippen MR) is 74.1 cm³/mol. The van der Waals surface area contributed by atoms with E-state index in [2.05, 4.69) is 19.2 Å². The van der Waals surface area contributed by atoms with Gasteiger partial charge in [0.1, 0.15) is 11.9 Å². The van der Waals surface area contributed by atoms with E-state index >= 15 is 0 Å². The molecule has 1 aromatic rings. The van der Waals surface area contributed by atoms with E-state index in [0.717, 1.165) is 42.1 Å². The van der Waals surface area contributed by atoms with Crippen LogP contribution in [0.5, 0.6) is 5.75 Å². The highest BCUT2D eigenvalue weighted by Crippen LogP contribution is 2.23. The van der Waals surface area contributed by atoms with Gasteiger partial charge in [-0.1, -0.05) is 31.9 Å². The van der Waals surface area contributed by atoms with Crippen molar-refractivity contribution in [2.24, 2.45) is 0 Å². The number of halogens is 1. The molecular formula is C14H22ClNO. The Labute approximate surface area is 109 Å². The zero-order chi connectivity index (χ0) is 12.7. The van der Waals surface area contributed by atoms with Crippen LogP contribution in [0.15, 0.2) is 18.2 Å². The van der Waals surface area contributed by atoms with Gasteiger partial charge >= 0.3 is 0 Å². The van der Waals surface area contributed by atoms with Crippen molar-refractivity contribution in [2.75, 3.05) is 13.6 Å². The molecule has 0 aliphatic heterocycles. The van der Waals surface area contributed by atoms with Crippen molar-refractivity contribution >= 4 is 11.6 Å². The summed E-state index contributed by atoms with van der Waals surface area (Å²) in [6, 6.07) is 5.90. The molecule has 0 aliphatic carbocycles. The summed E-state index contributed by atoms with van der Waals surface area (Å²) in [4.78, 5) is 0. The second-order valence-electron chi connectivity index (χ2n) is 4.19. The second kappa shape index (κ2) is 7.57. The quantitative estimate of drug-likeness (QED) is 0.803. The maximum Gasteiger partial charge on any atom is 0.120 e. The molecule has 2 nitrogen and oxygen atoms in total. The van der Waals surface area contributed by atoms with Gasteiger partial charge in [0.15, 0.2) is 0 Å². The second-order valence-corrected chi connectivity index (χ2v) is 4.60. The lowest BCUT2D eigenvalue weighted by molar-refractivity contribution is 0.189. The largest absolute Gasteiger partial charge is 0.489 e. The van der Waals surface area contributed by atoms with Crippen LogP contribution in [0.2, 0.25) is 5.02 Å². The van der Waals surface area contributed by atoms with E-state index in [1.54, 1.807) is 0 Å². The lowest BCUT2D eigenvalue weighted by Crippen LogP contribution is -2.29. The molecule has 1 unspecified atom stereocenters. The van der Waals surface area contributed by atoms with Crippen LogP contribution in [-0.2, 0) is 6.42 Å². The average molecular weight is 256 g/mol. The molecule has 0 radical (unpaired) electrons. The van der Waals surface area contributed by atoms with Crippen molar-refractivity contribution in [3.05, 3.63) is 28.8 Å². The third-order valence-corrected chi connectivity index (χ3v) is 3.11. The van der Waals surface area contributed by atoms with Gasteiger partial charge in [0, 0.05) is 11.6 Å². The number of nitrogens with one attached hydrogen (secondary N) is 1. The van der Waals surface area contributed by atoms with Gasteiger partial charge in [0.25, 0.3) is 0 Å². The maximum absolute atomic E-state index is 6.09. The smallest absolute Gasteiger partial charge is 0.120 e. The van der Waals surface area contributed by atoms with Crippen molar-refractivity contribution in [3.63, 3.8) is 0 Å². The molecule has 1 N–H and O–H groups in total. The first-order valence-electron chi connectivity index (χ1n) is 6.30. The SMILES string of the molecule is CCCC(CNC)Oc1ccc(Cl)c(CC)c1. The van der Waals surface area contributed by atoms with Gasteiger partial charge in [-0.2, -0.15) is 0 Å². The van der Waals surface area contributed by atoms with Gasteiger partial charge in [0.05, 0.1) is 0 Å². The fraction of sp³-hybridized carbons (Fsp3) is 0.571. The normalized spacial score (nSPS) is 12.5. The van der Waals surface area contributed by atoms with Crippen molar-refractivity contribution in [1.82, 2.24) is 5.32 Å². The summed E-state index contributed by atoms with van der Waals surface area (Å²) in [6.45, 7) is 5.14. The summed E-state index contributed by atoms with van der Waals surface area (Å²) in [5.41, 5.74) is 1.14. The minimum atomic E-state index is 0.232. The molecule has 1 aromatic carbocycles. The van der Waals surface area contributed by atoms with Crippen molar-refractivity contribution in [1.29, 1.82) is 0 Å². The molecule has 0 fully saturated rings. The predicted octanol–water partition coefficient (Wildman–Crippen LogP) is 3.67. The number of hydrogen-bond donors (Lipinski definition) is 1. The summed E-state index contributed by atoms with van der Waals surface area (Å²) in [6.07, 6.45) is 3.35. The van der Waals surface area contributed by atoms with Crippen LogP contribution in [0.3, 0.4) is 0 Å². The molecule has 0 aromatic heterocycles. The Morgan fingerprint density at radius 3 is 2.71 bits per heavy atom. The molecule has 0 saturated heterocycles. The Kier molecular flexibility index (Phi) is 6.38. The minimum Gasteiger partial charge on any atom is -0.489 e. The van der Waals surface area contributed by atoms with E-state index in [0.29, 0.717) is 0 Å². The molecule has 1 rings (SSSR count). The monoisotopic (exact) mass is 255 g/mol. The molecule has 0 aliphatic rings. The van der Waals surface area contributed by atoms with Gasteiger partial charge in [-0.15, -0.1) is 0 Å². The first-order chi connectivity index (χ1) is 8.21. The fourth-order valence-corrected chi connectivity index (χ4v) is 2.09. The van der Waals surface area contributed by atoms with E-state index in [1.807, 2.05) is 25.2 Å². The van der Waals surface area contributed by atoms with Crippen molar-refractivity contribution in [3.8, 4) is 5.75 Å². The van der Waals surface area contributed by atoms with E-state index in [9.17, 15) is 0 Å². The highest BCUT2D eigenvalue weighted by atomic mass is 35.5. The first kappa shape index (κ1) is 14.3. The third kappa shape index (κ3) is 4.57. The summed E-state index contributed by atoms with van der Waals surface area (Å²) in [7, 11) is 1.95. The highest BCUT2D eigenvalue weighted by Gasteiger charge is 2.09. The molecule has 3 heteroatoms. The summed E-state index contributed by atoms with van der Waals surface area (Å²) in [5.74, 6) is 0.917. The van der Waals surface area contributed by atoms with Crippen molar-refractivity contribution in [2.45, 2.75) is 39.2 Å². The maximum atomic E-state index is 6.09. The molecule has 1 atom stereocenters. The number of likely N-dealkylation sites (N-methyl/N-ethyl adjacent to an activating group) is 1. The highest BCUT2D eigenvalue weighted by molar-refractivity contribution is 6.31. The summed E-state index contributed by atoms with van der Waals surface area (Å²) >= 11 is 6.09. The number of rotatable bonds is 7. The molecule has 96 valence electrons. The average Bonchev–Trinajstić information content (AvgIpc) is 2.32. The number of aryl methyl sites for hydroxylation is 1. The Bertz CT molecular complexity index is 335. The van der Waals surface area contributed by atoms with Crippen LogP contribution < -0.4 is 10.1 Å². The van der Waals surface area contributed by atoms with E-state index in [4.69, 9.17) is 16.3 Å². The molecule has 0 bridgehead atoms. The zero-order valence-corrected chi connectivity index (χ0v) is 11.7. The van der Waals surface area contributed by atoms with Gasteiger partial charge in [-0.05, 0) is 43.7 Å². The van der Waals surface area contributed by atoms with E-state index < -0.39 is 0 Å². The van der Waals surface area contributed by atoms with Gasteiger partial charge in [-0.3, -0.25) is 0 Å². The van der Waals surface area contributed by atoms with Gasteiger partial charge < -0.3 is 10.1 Å². The lowest BCUT2D eigenvalue weighted by Gasteiger charge is -2.19. The lowest BCUT2D eigenvalue weighted by atomic mass is 10.1. The van der Waals surface area contributed by atoms with Crippen LogP contribution in [0.1, 0.15) is 32.3 Å². The van der Waals surface area contributed by atoms with Crippen LogP contribution >= 0.6 is 11.6 Å². The standard InChI is InChI=1S/C14H22ClNO/c1-4-6-13(10-16-3)17-12-7-8-14(15)11(5-2)9-12/h7-9,13,16H,4-6,10H2,1-3H3. The Morgan fingerprint density at radius 2 is 2.12 bits per heavy atom. The first-order valence-corrected chi connectivity index (χ1v) is 6.68. The Hall–Kier alpha value is -0.730. The Morgan fingerprint density at radius 1 is 1.35 bits per heavy atom. The van der Waals surface area contributed by atoms with Gasteiger partial charge in [0.2, 0.25) is 0 Å². The van der Waals surface area contributed by atoms with Crippen molar-refractivity contribution < 1.29 is 4.74 Å². The van der Waals surface area contributed by atoms with Crippen LogP contribution in [-0.4, -0.2) is 19.7 Å². The molecular weight excluding hydrogens is 234 g/mol. The van der Waals surface area contributed by atoms with E-state index in [1.165, 1.54) is 0 Å². The number of ether oxygens (including phenoxy) is 1. The number of benzene rings is 1. The van der Waals surface area contributed by atoms with E-state index in [-0.39, 0.29) is 6.10 Å². The van der Waals surface area contributed by atoms with Crippen LogP contribution in [0.4, 0.5) is 0 Å². The number of hydrogen-bond acceptors (Lipinski definition) is 2. The molecule has 0 spiro atoms. The molecule has 0 amide bonds. The van der Waals surface area contributed by atoms with Crippen LogP contribution in [0, 0.1) is 0 Å². The third-order valence-electron chi connectivity index (χ3n) is 2.74. The zero-order valence-electron chi connectivity index (χ0n) is 10.9. The van der Waals surface area contributed by atoms with Crippen LogP contribution in [0.25, 0.3) is 0 Å². The Balaban J connectivity index is 2.71. The molecule has 17 heavy (non-hydrogen) atoms. The van der Waals surface area contributed by atoms with Gasteiger partial charge in [-0.25, -0.2) is 0 Å². The summed E-state index contributed by atoms with van der Waals surface area (Å²) in [5, 5.41) is 3.98.